The first kappa shape index (κ1) is 25.8. The number of esters is 1. The predicted octanol–water partition coefficient (Wildman–Crippen LogP) is 1.80. The molecule has 2 heterocycles. The van der Waals surface area contributed by atoms with Crippen LogP contribution in [0.4, 0.5) is 11.4 Å². The van der Waals surface area contributed by atoms with Gasteiger partial charge in [0.05, 0.1) is 24.0 Å². The molecule has 2 aliphatic rings. The molecule has 0 aromatic heterocycles. The van der Waals surface area contributed by atoms with Crippen molar-refractivity contribution in [3.8, 4) is 0 Å². The van der Waals surface area contributed by atoms with Crippen LogP contribution in [0.2, 0.25) is 0 Å². The Kier molecular flexibility index (Phi) is 8.02. The van der Waals surface area contributed by atoms with Crippen LogP contribution in [0.5, 0.6) is 0 Å². The maximum absolute atomic E-state index is 12.7. The number of aryl methyl sites for hydroxylation is 1. The minimum atomic E-state index is -3.63. The Labute approximate surface area is 210 Å². The summed E-state index contributed by atoms with van der Waals surface area (Å²) in [5.74, 6) is -2.00. The number of morpholine rings is 1. The number of carbonyl (C=O) groups is 3. The van der Waals surface area contributed by atoms with E-state index in [1.807, 2.05) is 31.2 Å². The van der Waals surface area contributed by atoms with Crippen molar-refractivity contribution in [2.24, 2.45) is 5.92 Å². The molecule has 0 spiro atoms. The number of amides is 2. The molecule has 0 saturated carbocycles. The van der Waals surface area contributed by atoms with Gasteiger partial charge in [-0.1, -0.05) is 19.1 Å². The molecule has 1 N–H and O–H groups in total. The summed E-state index contributed by atoms with van der Waals surface area (Å²) in [5, 5.41) is 2.58. The average Bonchev–Trinajstić information content (AvgIpc) is 3.29. The second-order valence-corrected chi connectivity index (χ2v) is 10.6. The number of benzene rings is 2. The Morgan fingerprint density at radius 1 is 1.06 bits per heavy atom. The Bertz CT molecular complexity index is 1210. The lowest BCUT2D eigenvalue weighted by molar-refractivity contribution is -0.151. The van der Waals surface area contributed by atoms with Crippen LogP contribution < -0.4 is 10.2 Å². The molecule has 0 bridgehead atoms. The van der Waals surface area contributed by atoms with Gasteiger partial charge >= 0.3 is 5.97 Å². The average molecular weight is 516 g/mol. The summed E-state index contributed by atoms with van der Waals surface area (Å²) in [6.07, 6.45) is 0.915. The molecule has 0 radical (unpaired) electrons. The van der Waals surface area contributed by atoms with E-state index in [4.69, 9.17) is 9.47 Å². The summed E-state index contributed by atoms with van der Waals surface area (Å²) in [4.78, 5) is 38.8. The van der Waals surface area contributed by atoms with Crippen LogP contribution in [0.3, 0.4) is 0 Å². The quantitative estimate of drug-likeness (QED) is 0.532. The van der Waals surface area contributed by atoms with Crippen molar-refractivity contribution in [2.75, 3.05) is 49.7 Å². The normalized spacial score (nSPS) is 18.8. The molecule has 36 heavy (non-hydrogen) atoms. The second-order valence-electron chi connectivity index (χ2n) is 8.62. The van der Waals surface area contributed by atoms with E-state index in [0.29, 0.717) is 32.0 Å². The zero-order chi connectivity index (χ0) is 25.7. The molecule has 2 amide bonds. The first-order chi connectivity index (χ1) is 17.3. The maximum Gasteiger partial charge on any atom is 0.311 e. The van der Waals surface area contributed by atoms with Crippen LogP contribution in [0, 0.1) is 5.92 Å². The van der Waals surface area contributed by atoms with Crippen molar-refractivity contribution in [2.45, 2.75) is 24.7 Å². The number of nitrogens with one attached hydrogen (secondary N) is 1. The van der Waals surface area contributed by atoms with Gasteiger partial charge in [0.25, 0.3) is 5.91 Å². The predicted molar refractivity (Wildman–Crippen MR) is 132 cm³/mol. The van der Waals surface area contributed by atoms with Crippen molar-refractivity contribution in [1.29, 1.82) is 0 Å². The van der Waals surface area contributed by atoms with Gasteiger partial charge in [-0.15, -0.1) is 0 Å². The highest BCUT2D eigenvalue weighted by Crippen LogP contribution is 2.26. The van der Waals surface area contributed by atoms with Crippen LogP contribution >= 0.6 is 0 Å². The number of nitrogens with zero attached hydrogens (tertiary/aromatic N) is 2. The van der Waals surface area contributed by atoms with Crippen LogP contribution in [0.25, 0.3) is 0 Å². The number of anilines is 2. The molecule has 2 aromatic carbocycles. The molecule has 4 rings (SSSR count). The summed E-state index contributed by atoms with van der Waals surface area (Å²) < 4.78 is 37.1. The minimum Gasteiger partial charge on any atom is -0.455 e. The van der Waals surface area contributed by atoms with Crippen molar-refractivity contribution >= 4 is 39.2 Å². The van der Waals surface area contributed by atoms with Crippen molar-refractivity contribution < 1.29 is 32.3 Å². The van der Waals surface area contributed by atoms with Gasteiger partial charge in [0.1, 0.15) is 0 Å². The SMILES string of the molecule is CCc1ccc(N2C[C@H](C(=O)OCC(=O)Nc3ccc(S(=O)(=O)N4CCOCC4)cc3)CC2=O)cc1. The highest BCUT2D eigenvalue weighted by molar-refractivity contribution is 7.89. The largest absolute Gasteiger partial charge is 0.455 e. The third-order valence-electron chi connectivity index (χ3n) is 6.21. The van der Waals surface area contributed by atoms with Crippen molar-refractivity contribution in [3.63, 3.8) is 0 Å². The molecule has 2 aliphatic heterocycles. The van der Waals surface area contributed by atoms with Crippen molar-refractivity contribution in [1.82, 2.24) is 4.31 Å². The molecule has 2 aromatic rings. The van der Waals surface area contributed by atoms with Gasteiger partial charge in [0.2, 0.25) is 15.9 Å². The van der Waals surface area contributed by atoms with E-state index >= 15 is 0 Å². The third-order valence-corrected chi connectivity index (χ3v) is 8.12. The zero-order valence-corrected chi connectivity index (χ0v) is 20.8. The number of sulfonamides is 1. The lowest BCUT2D eigenvalue weighted by atomic mass is 10.1. The van der Waals surface area contributed by atoms with E-state index < -0.39 is 34.4 Å². The van der Waals surface area contributed by atoms with Gasteiger partial charge in [-0.2, -0.15) is 4.31 Å². The van der Waals surface area contributed by atoms with Gasteiger partial charge in [0, 0.05) is 37.4 Å². The van der Waals surface area contributed by atoms with Gasteiger partial charge in [0.15, 0.2) is 6.61 Å². The summed E-state index contributed by atoms with van der Waals surface area (Å²) in [6, 6.07) is 13.4. The van der Waals surface area contributed by atoms with E-state index in [1.165, 1.54) is 28.6 Å². The smallest absolute Gasteiger partial charge is 0.311 e. The summed E-state index contributed by atoms with van der Waals surface area (Å²) in [7, 11) is -3.63. The van der Waals surface area contributed by atoms with Gasteiger partial charge in [-0.25, -0.2) is 8.42 Å². The summed E-state index contributed by atoms with van der Waals surface area (Å²) in [5.41, 5.74) is 2.25. The van der Waals surface area contributed by atoms with E-state index in [9.17, 15) is 22.8 Å². The van der Waals surface area contributed by atoms with Crippen LogP contribution in [-0.4, -0.2) is 70.0 Å². The summed E-state index contributed by atoms with van der Waals surface area (Å²) >= 11 is 0. The Morgan fingerprint density at radius 2 is 1.72 bits per heavy atom. The maximum atomic E-state index is 12.7. The van der Waals surface area contributed by atoms with E-state index in [-0.39, 0.29) is 23.8 Å². The van der Waals surface area contributed by atoms with E-state index in [1.54, 1.807) is 4.90 Å². The molecule has 10 nitrogen and oxygen atoms in total. The molecular formula is C25H29N3O7S. The number of ether oxygens (including phenoxy) is 2. The first-order valence-electron chi connectivity index (χ1n) is 11.8. The number of rotatable bonds is 8. The van der Waals surface area contributed by atoms with E-state index in [0.717, 1.165) is 17.7 Å². The molecule has 0 unspecified atom stereocenters. The molecule has 1 atom stereocenters. The fourth-order valence-corrected chi connectivity index (χ4v) is 5.53. The van der Waals surface area contributed by atoms with Gasteiger partial charge < -0.3 is 19.7 Å². The second kappa shape index (κ2) is 11.2. The highest BCUT2D eigenvalue weighted by Gasteiger charge is 2.36. The van der Waals surface area contributed by atoms with E-state index in [2.05, 4.69) is 5.32 Å². The monoisotopic (exact) mass is 515 g/mol. The van der Waals surface area contributed by atoms with Crippen LogP contribution in [-0.2, 0) is 40.3 Å². The molecule has 0 aliphatic carbocycles. The highest BCUT2D eigenvalue weighted by atomic mass is 32.2. The number of hydrogen-bond donors (Lipinski definition) is 1. The fourth-order valence-electron chi connectivity index (χ4n) is 4.12. The molecule has 192 valence electrons. The fraction of sp³-hybridized carbons (Fsp3) is 0.400. The first-order valence-corrected chi connectivity index (χ1v) is 13.3. The Hall–Kier alpha value is -3.28. The molecular weight excluding hydrogens is 486 g/mol. The lowest BCUT2D eigenvalue weighted by Gasteiger charge is -2.26. The number of hydrogen-bond acceptors (Lipinski definition) is 7. The van der Waals surface area contributed by atoms with Gasteiger partial charge in [-0.3, -0.25) is 14.4 Å². The van der Waals surface area contributed by atoms with Crippen LogP contribution in [0.1, 0.15) is 18.9 Å². The standard InChI is InChI=1S/C25H29N3O7S/c1-2-18-3-7-21(8-4-18)28-16-19(15-24(28)30)25(31)35-17-23(29)26-20-5-9-22(10-6-20)36(32,33)27-11-13-34-14-12-27/h3-10,19H,2,11-17H2,1H3,(H,26,29)/t19-/m1/s1. The lowest BCUT2D eigenvalue weighted by Crippen LogP contribution is -2.40. The Balaban J connectivity index is 1.27. The molecule has 2 saturated heterocycles. The van der Waals surface area contributed by atoms with Crippen LogP contribution in [0.15, 0.2) is 53.4 Å². The Morgan fingerprint density at radius 3 is 2.36 bits per heavy atom. The van der Waals surface area contributed by atoms with Gasteiger partial charge in [-0.05, 0) is 48.4 Å². The third kappa shape index (κ3) is 5.92. The zero-order valence-electron chi connectivity index (χ0n) is 20.0. The summed E-state index contributed by atoms with van der Waals surface area (Å²) in [6.45, 7) is 3.02. The van der Waals surface area contributed by atoms with Crippen molar-refractivity contribution in [3.05, 3.63) is 54.1 Å². The topological polar surface area (TPSA) is 122 Å². The molecule has 11 heteroatoms. The molecule has 2 fully saturated rings. The minimum absolute atomic E-state index is 0.0229. The number of carbonyl (C=O) groups excluding carboxylic acids is 3.